The lowest BCUT2D eigenvalue weighted by Crippen LogP contribution is -2.29. The number of carbonyl (C=O) groups is 1. The number of thiophene rings is 1. The van der Waals surface area contributed by atoms with E-state index >= 15 is 0 Å². The number of aromatic amines is 1. The first-order valence-electron chi connectivity index (χ1n) is 7.75. The number of amides is 1. The highest BCUT2D eigenvalue weighted by atomic mass is 32.1. The van der Waals surface area contributed by atoms with E-state index in [2.05, 4.69) is 15.5 Å². The van der Waals surface area contributed by atoms with Gasteiger partial charge in [0.15, 0.2) is 5.69 Å². The molecule has 4 aromatic rings. The Morgan fingerprint density at radius 1 is 1.08 bits per heavy atom. The topological polar surface area (TPSA) is 57.8 Å². The minimum atomic E-state index is -0.358. The molecule has 0 fully saturated rings. The third-order valence-corrected chi connectivity index (χ3v) is 4.93. The van der Waals surface area contributed by atoms with E-state index in [1.165, 1.54) is 23.5 Å². The third-order valence-electron chi connectivity index (χ3n) is 3.99. The molecule has 0 bridgehead atoms. The zero-order valence-corrected chi connectivity index (χ0v) is 13.9. The molecular formula is C19H14FN3OS. The lowest BCUT2D eigenvalue weighted by atomic mass is 10.0. The smallest absolute Gasteiger partial charge is 0.273 e. The van der Waals surface area contributed by atoms with Crippen molar-refractivity contribution in [3.63, 3.8) is 0 Å². The molecule has 0 saturated heterocycles. The number of rotatable bonds is 4. The highest BCUT2D eigenvalue weighted by Gasteiger charge is 2.21. The molecule has 4 nitrogen and oxygen atoms in total. The van der Waals surface area contributed by atoms with Crippen LogP contribution in [-0.2, 0) is 0 Å². The number of para-hydroxylation sites is 1. The second kappa shape index (κ2) is 6.49. The number of aromatic nitrogens is 2. The molecule has 0 radical (unpaired) electrons. The van der Waals surface area contributed by atoms with Crippen LogP contribution in [0.4, 0.5) is 4.39 Å². The Morgan fingerprint density at radius 2 is 1.88 bits per heavy atom. The first-order valence-corrected chi connectivity index (χ1v) is 8.63. The maximum absolute atomic E-state index is 13.3. The molecule has 0 aliphatic heterocycles. The van der Waals surface area contributed by atoms with Gasteiger partial charge in [-0.25, -0.2) is 4.39 Å². The minimum Gasteiger partial charge on any atom is -0.339 e. The lowest BCUT2D eigenvalue weighted by molar-refractivity contribution is 0.0940. The monoisotopic (exact) mass is 351 g/mol. The summed E-state index contributed by atoms with van der Waals surface area (Å²) in [5.41, 5.74) is 1.97. The van der Waals surface area contributed by atoms with Crippen LogP contribution in [0.25, 0.3) is 10.9 Å². The molecule has 2 aromatic heterocycles. The summed E-state index contributed by atoms with van der Waals surface area (Å²) in [5, 5.41) is 12.7. The normalized spacial score (nSPS) is 12.2. The minimum absolute atomic E-state index is 0.278. The van der Waals surface area contributed by atoms with Gasteiger partial charge in [0.25, 0.3) is 5.91 Å². The highest BCUT2D eigenvalue weighted by molar-refractivity contribution is 7.10. The van der Waals surface area contributed by atoms with Crippen molar-refractivity contribution in [2.75, 3.05) is 0 Å². The number of hydrogen-bond donors (Lipinski definition) is 2. The van der Waals surface area contributed by atoms with Gasteiger partial charge in [0, 0.05) is 10.3 Å². The van der Waals surface area contributed by atoms with Crippen LogP contribution < -0.4 is 5.32 Å². The van der Waals surface area contributed by atoms with Gasteiger partial charge in [0.2, 0.25) is 0 Å². The molecule has 1 atom stereocenters. The Bertz CT molecular complexity index is 1010. The summed E-state index contributed by atoms with van der Waals surface area (Å²) in [6.07, 6.45) is 0. The van der Waals surface area contributed by atoms with E-state index in [-0.39, 0.29) is 17.8 Å². The molecule has 0 saturated carbocycles. The van der Waals surface area contributed by atoms with Crippen LogP contribution in [0.15, 0.2) is 66.0 Å². The van der Waals surface area contributed by atoms with Crippen molar-refractivity contribution >= 4 is 28.1 Å². The molecule has 1 unspecified atom stereocenters. The third kappa shape index (κ3) is 3.04. The zero-order chi connectivity index (χ0) is 17.2. The van der Waals surface area contributed by atoms with E-state index in [9.17, 15) is 9.18 Å². The Hall–Kier alpha value is -2.99. The predicted octanol–water partition coefficient (Wildman–Crippen LogP) is 4.28. The number of halogens is 1. The number of nitrogens with zero attached hydrogens (tertiary/aromatic N) is 1. The van der Waals surface area contributed by atoms with E-state index in [4.69, 9.17) is 0 Å². The second-order valence-corrected chi connectivity index (χ2v) is 6.57. The highest BCUT2D eigenvalue weighted by Crippen LogP contribution is 2.27. The molecule has 0 aliphatic carbocycles. The number of benzene rings is 2. The Kier molecular flexibility index (Phi) is 4.03. The van der Waals surface area contributed by atoms with Crippen molar-refractivity contribution < 1.29 is 9.18 Å². The fraction of sp³-hybridized carbons (Fsp3) is 0.0526. The quantitative estimate of drug-likeness (QED) is 0.576. The number of hydrogen-bond acceptors (Lipinski definition) is 3. The first-order chi connectivity index (χ1) is 12.2. The van der Waals surface area contributed by atoms with Gasteiger partial charge in [-0.15, -0.1) is 11.3 Å². The fourth-order valence-electron chi connectivity index (χ4n) is 2.77. The summed E-state index contributed by atoms with van der Waals surface area (Å²) >= 11 is 1.54. The van der Waals surface area contributed by atoms with Crippen LogP contribution in [0.1, 0.15) is 27.0 Å². The van der Waals surface area contributed by atoms with Crippen molar-refractivity contribution in [2.24, 2.45) is 0 Å². The average molecular weight is 351 g/mol. The Morgan fingerprint density at radius 3 is 2.64 bits per heavy atom. The summed E-state index contributed by atoms with van der Waals surface area (Å²) in [5.74, 6) is -0.585. The fourth-order valence-corrected chi connectivity index (χ4v) is 3.57. The summed E-state index contributed by atoms with van der Waals surface area (Å²) in [4.78, 5) is 13.8. The SMILES string of the molecule is O=C(NC(c1ccc(F)cc1)c1cccs1)c1n[nH]c2ccccc12. The van der Waals surface area contributed by atoms with Gasteiger partial charge in [-0.05, 0) is 35.2 Å². The molecule has 4 rings (SSSR count). The molecule has 0 spiro atoms. The molecule has 1 amide bonds. The number of carbonyl (C=O) groups excluding carboxylic acids is 1. The summed E-state index contributed by atoms with van der Waals surface area (Å²) in [7, 11) is 0. The van der Waals surface area contributed by atoms with Crippen molar-refractivity contribution in [2.45, 2.75) is 6.04 Å². The van der Waals surface area contributed by atoms with Crippen LogP contribution in [0, 0.1) is 5.82 Å². The predicted molar refractivity (Wildman–Crippen MR) is 96.1 cm³/mol. The van der Waals surface area contributed by atoms with Gasteiger partial charge in [0.05, 0.1) is 11.6 Å². The molecule has 2 heterocycles. The first kappa shape index (κ1) is 15.5. The van der Waals surface area contributed by atoms with Crippen LogP contribution >= 0.6 is 11.3 Å². The van der Waals surface area contributed by atoms with Gasteiger partial charge in [-0.1, -0.05) is 36.4 Å². The summed E-state index contributed by atoms with van der Waals surface area (Å²) in [6.45, 7) is 0. The average Bonchev–Trinajstić information content (AvgIpc) is 3.30. The largest absolute Gasteiger partial charge is 0.339 e. The van der Waals surface area contributed by atoms with Crippen LogP contribution in [0.3, 0.4) is 0 Å². The number of nitrogens with one attached hydrogen (secondary N) is 2. The summed E-state index contributed by atoms with van der Waals surface area (Å²) < 4.78 is 13.3. The van der Waals surface area contributed by atoms with E-state index < -0.39 is 0 Å². The van der Waals surface area contributed by atoms with E-state index in [1.54, 1.807) is 12.1 Å². The maximum Gasteiger partial charge on any atom is 0.273 e. The molecule has 0 aliphatic rings. The Balaban J connectivity index is 1.69. The van der Waals surface area contributed by atoms with Gasteiger partial charge in [-0.3, -0.25) is 9.89 Å². The van der Waals surface area contributed by atoms with Crippen LogP contribution in [-0.4, -0.2) is 16.1 Å². The standard InChI is InChI=1S/C19H14FN3OS/c20-13-9-7-12(8-10-13)17(16-6-3-11-25-16)21-19(24)18-14-4-1-2-5-15(14)22-23-18/h1-11,17H,(H,21,24)(H,22,23). The van der Waals surface area contributed by atoms with Gasteiger partial charge in [0.1, 0.15) is 5.82 Å². The van der Waals surface area contributed by atoms with Crippen LogP contribution in [0.2, 0.25) is 0 Å². The lowest BCUT2D eigenvalue weighted by Gasteiger charge is -2.17. The molecule has 25 heavy (non-hydrogen) atoms. The Labute approximate surface area is 147 Å². The van der Waals surface area contributed by atoms with Crippen molar-refractivity contribution in [1.29, 1.82) is 0 Å². The molecule has 2 aromatic carbocycles. The van der Waals surface area contributed by atoms with Crippen molar-refractivity contribution in [1.82, 2.24) is 15.5 Å². The number of H-pyrrole nitrogens is 1. The van der Waals surface area contributed by atoms with Crippen LogP contribution in [0.5, 0.6) is 0 Å². The van der Waals surface area contributed by atoms with E-state index in [1.807, 2.05) is 41.8 Å². The van der Waals surface area contributed by atoms with Gasteiger partial charge in [-0.2, -0.15) is 5.10 Å². The van der Waals surface area contributed by atoms with Crippen molar-refractivity contribution in [3.8, 4) is 0 Å². The molecule has 6 heteroatoms. The molecular weight excluding hydrogens is 337 g/mol. The maximum atomic E-state index is 13.3. The van der Waals surface area contributed by atoms with E-state index in [0.717, 1.165) is 21.3 Å². The van der Waals surface area contributed by atoms with E-state index in [0.29, 0.717) is 5.69 Å². The van der Waals surface area contributed by atoms with Gasteiger partial charge >= 0.3 is 0 Å². The van der Waals surface area contributed by atoms with Crippen molar-refractivity contribution in [3.05, 3.63) is 88.0 Å². The molecule has 124 valence electrons. The van der Waals surface area contributed by atoms with Gasteiger partial charge < -0.3 is 5.32 Å². The number of fused-ring (bicyclic) bond motifs is 1. The molecule has 2 N–H and O–H groups in total. The summed E-state index contributed by atoms with van der Waals surface area (Å²) in [6, 6.07) is 17.1. The zero-order valence-electron chi connectivity index (χ0n) is 13.1. The second-order valence-electron chi connectivity index (χ2n) is 5.59.